The maximum absolute atomic E-state index is 4.08. The van der Waals surface area contributed by atoms with Crippen LogP contribution in [0.1, 0.15) is 26.7 Å². The van der Waals surface area contributed by atoms with E-state index in [2.05, 4.69) is 33.1 Å². The third kappa shape index (κ3) is 1.40. The average Bonchev–Trinajstić information content (AvgIpc) is 1.99. The smallest absolute Gasteiger partial charge is 0.0138 e. The molecule has 11 heavy (non-hydrogen) atoms. The molecule has 1 aliphatic carbocycles. The third-order valence-corrected chi connectivity index (χ3v) is 3.00. The summed E-state index contributed by atoms with van der Waals surface area (Å²) < 4.78 is 0. The highest BCUT2D eigenvalue weighted by atomic mass is 14.4. The lowest BCUT2D eigenvalue weighted by molar-refractivity contribution is 0.161. The van der Waals surface area contributed by atoms with Gasteiger partial charge in [-0.1, -0.05) is 32.1 Å². The van der Waals surface area contributed by atoms with Crippen molar-refractivity contribution < 1.29 is 0 Å². The third-order valence-electron chi connectivity index (χ3n) is 3.00. The van der Waals surface area contributed by atoms with Gasteiger partial charge in [0.25, 0.3) is 0 Å². The van der Waals surface area contributed by atoms with E-state index in [9.17, 15) is 0 Å². The molecule has 1 fully saturated rings. The number of rotatable bonds is 3. The van der Waals surface area contributed by atoms with Crippen LogP contribution in [0.2, 0.25) is 0 Å². The van der Waals surface area contributed by atoms with Gasteiger partial charge in [0.2, 0.25) is 0 Å². The molecule has 0 aromatic heterocycles. The van der Waals surface area contributed by atoms with Crippen molar-refractivity contribution in [3.63, 3.8) is 0 Å². The topological polar surface area (TPSA) is 0 Å². The van der Waals surface area contributed by atoms with Gasteiger partial charge in [-0.3, -0.25) is 0 Å². The largest absolute Gasteiger partial charge is 0.103 e. The molecule has 0 nitrogen and oxygen atoms in total. The molecule has 0 bridgehead atoms. The summed E-state index contributed by atoms with van der Waals surface area (Å²) in [5.41, 5.74) is 1.41. The molecule has 0 amide bonds. The molecule has 1 rings (SSSR count). The molecule has 0 aliphatic heterocycles. The highest BCUT2D eigenvalue weighted by Crippen LogP contribution is 2.45. The van der Waals surface area contributed by atoms with Gasteiger partial charge in [-0.2, -0.15) is 0 Å². The standard InChI is InChI=1S/C11H18/c1-5-8(3)11-7-9(4)10(11)6-2/h6,9-11H,2-3,5,7H2,1,4H3. The van der Waals surface area contributed by atoms with Gasteiger partial charge >= 0.3 is 0 Å². The van der Waals surface area contributed by atoms with E-state index >= 15 is 0 Å². The molecule has 0 spiro atoms. The van der Waals surface area contributed by atoms with E-state index in [0.717, 1.165) is 18.3 Å². The lowest BCUT2D eigenvalue weighted by Crippen LogP contribution is -2.34. The second-order valence-electron chi connectivity index (χ2n) is 3.64. The molecule has 3 unspecified atom stereocenters. The zero-order valence-corrected chi connectivity index (χ0v) is 7.64. The van der Waals surface area contributed by atoms with Crippen molar-refractivity contribution in [2.75, 3.05) is 0 Å². The molecule has 1 saturated carbocycles. The fourth-order valence-corrected chi connectivity index (χ4v) is 2.01. The molecule has 0 aromatic rings. The molecule has 0 saturated heterocycles. The molecule has 0 aromatic carbocycles. The van der Waals surface area contributed by atoms with E-state index in [-0.39, 0.29) is 0 Å². The Labute approximate surface area is 70.0 Å². The van der Waals surface area contributed by atoms with Crippen molar-refractivity contribution >= 4 is 0 Å². The van der Waals surface area contributed by atoms with E-state index in [4.69, 9.17) is 0 Å². The fourth-order valence-electron chi connectivity index (χ4n) is 2.01. The molecule has 1 aliphatic rings. The Hall–Kier alpha value is -0.520. The summed E-state index contributed by atoms with van der Waals surface area (Å²) in [7, 11) is 0. The Morgan fingerprint density at radius 1 is 1.64 bits per heavy atom. The van der Waals surface area contributed by atoms with Crippen LogP contribution < -0.4 is 0 Å². The van der Waals surface area contributed by atoms with Crippen LogP contribution in [0.25, 0.3) is 0 Å². The Kier molecular flexibility index (Phi) is 2.53. The van der Waals surface area contributed by atoms with E-state index in [1.54, 1.807) is 0 Å². The lowest BCUT2D eigenvalue weighted by Gasteiger charge is -2.42. The van der Waals surface area contributed by atoms with Gasteiger partial charge in [0, 0.05) is 0 Å². The summed E-state index contributed by atoms with van der Waals surface area (Å²) in [6.07, 6.45) is 4.55. The summed E-state index contributed by atoms with van der Waals surface area (Å²) >= 11 is 0. The van der Waals surface area contributed by atoms with Crippen molar-refractivity contribution in [1.82, 2.24) is 0 Å². The minimum absolute atomic E-state index is 0.711. The first-order chi connectivity index (χ1) is 5.20. The second-order valence-corrected chi connectivity index (χ2v) is 3.64. The zero-order chi connectivity index (χ0) is 8.43. The second kappa shape index (κ2) is 3.25. The van der Waals surface area contributed by atoms with Gasteiger partial charge in [-0.25, -0.2) is 0 Å². The monoisotopic (exact) mass is 150 g/mol. The quantitative estimate of drug-likeness (QED) is 0.541. The van der Waals surface area contributed by atoms with Gasteiger partial charge in [-0.05, 0) is 30.6 Å². The predicted molar refractivity (Wildman–Crippen MR) is 50.4 cm³/mol. The number of hydrogen-bond donors (Lipinski definition) is 0. The molecule has 0 N–H and O–H groups in total. The van der Waals surface area contributed by atoms with Gasteiger partial charge in [0.15, 0.2) is 0 Å². The van der Waals surface area contributed by atoms with Crippen LogP contribution in [0.15, 0.2) is 24.8 Å². The van der Waals surface area contributed by atoms with Crippen LogP contribution in [0.3, 0.4) is 0 Å². The Morgan fingerprint density at radius 3 is 2.64 bits per heavy atom. The normalized spacial score (nSPS) is 36.0. The van der Waals surface area contributed by atoms with Crippen molar-refractivity contribution in [3.8, 4) is 0 Å². The molecule has 62 valence electrons. The predicted octanol–water partition coefficient (Wildman–Crippen LogP) is 3.41. The van der Waals surface area contributed by atoms with Crippen molar-refractivity contribution in [1.29, 1.82) is 0 Å². The summed E-state index contributed by atoms with van der Waals surface area (Å²) in [5.74, 6) is 2.29. The van der Waals surface area contributed by atoms with Crippen LogP contribution in [-0.2, 0) is 0 Å². The molecular weight excluding hydrogens is 132 g/mol. The number of hydrogen-bond acceptors (Lipinski definition) is 0. The van der Waals surface area contributed by atoms with Crippen molar-refractivity contribution in [2.45, 2.75) is 26.7 Å². The van der Waals surface area contributed by atoms with E-state index in [1.165, 1.54) is 12.0 Å². The van der Waals surface area contributed by atoms with Crippen LogP contribution in [0.5, 0.6) is 0 Å². The van der Waals surface area contributed by atoms with Gasteiger partial charge in [0.05, 0.1) is 0 Å². The maximum Gasteiger partial charge on any atom is -0.0138 e. The summed E-state index contributed by atoms with van der Waals surface area (Å²) in [6, 6.07) is 0. The minimum Gasteiger partial charge on any atom is -0.103 e. The van der Waals surface area contributed by atoms with Gasteiger partial charge in [0.1, 0.15) is 0 Å². The first-order valence-electron chi connectivity index (χ1n) is 4.50. The van der Waals surface area contributed by atoms with E-state index < -0.39 is 0 Å². The molecule has 0 heterocycles. The molecule has 0 heteroatoms. The summed E-state index contributed by atoms with van der Waals surface area (Å²) in [6.45, 7) is 12.4. The zero-order valence-electron chi connectivity index (χ0n) is 7.64. The van der Waals surface area contributed by atoms with Crippen LogP contribution in [-0.4, -0.2) is 0 Å². The van der Waals surface area contributed by atoms with E-state index in [1.807, 2.05) is 0 Å². The lowest BCUT2D eigenvalue weighted by atomic mass is 9.62. The highest BCUT2D eigenvalue weighted by Gasteiger charge is 2.36. The summed E-state index contributed by atoms with van der Waals surface area (Å²) in [5, 5.41) is 0. The molecule has 3 atom stereocenters. The maximum atomic E-state index is 4.08. The first kappa shape index (κ1) is 8.58. The fraction of sp³-hybridized carbons (Fsp3) is 0.636. The SMILES string of the molecule is C=CC1C(C)CC1C(=C)CC. The highest BCUT2D eigenvalue weighted by molar-refractivity contribution is 5.12. The summed E-state index contributed by atoms with van der Waals surface area (Å²) in [4.78, 5) is 0. The van der Waals surface area contributed by atoms with Crippen molar-refractivity contribution in [3.05, 3.63) is 24.8 Å². The first-order valence-corrected chi connectivity index (χ1v) is 4.50. The minimum atomic E-state index is 0.711. The van der Waals surface area contributed by atoms with Crippen LogP contribution in [0.4, 0.5) is 0 Å². The Balaban J connectivity index is 2.50. The van der Waals surface area contributed by atoms with E-state index in [0.29, 0.717) is 5.92 Å². The van der Waals surface area contributed by atoms with Crippen LogP contribution >= 0.6 is 0 Å². The van der Waals surface area contributed by atoms with Crippen LogP contribution in [0, 0.1) is 17.8 Å². The van der Waals surface area contributed by atoms with Crippen molar-refractivity contribution in [2.24, 2.45) is 17.8 Å². The van der Waals surface area contributed by atoms with Gasteiger partial charge in [-0.15, -0.1) is 6.58 Å². The molecular formula is C11H18. The van der Waals surface area contributed by atoms with Gasteiger partial charge < -0.3 is 0 Å². The molecule has 0 radical (unpaired) electrons. The number of allylic oxidation sites excluding steroid dienone is 2. The Bertz CT molecular complexity index is 167. The Morgan fingerprint density at radius 2 is 2.27 bits per heavy atom. The average molecular weight is 150 g/mol.